The predicted molar refractivity (Wildman–Crippen MR) is 63.1 cm³/mol. The molecular formula is C13H16N2O2. The normalized spacial score (nSPS) is 18.2. The Hall–Kier alpha value is -1.57. The molecule has 0 aromatic heterocycles. The SMILES string of the molecule is N#CC(N)(COc1ccc(CO)cc1)C1CC1. The fourth-order valence-corrected chi connectivity index (χ4v) is 1.73. The summed E-state index contributed by atoms with van der Waals surface area (Å²) in [5, 5.41) is 18.0. The van der Waals surface area contributed by atoms with E-state index in [0.29, 0.717) is 5.75 Å². The van der Waals surface area contributed by atoms with Gasteiger partial charge in [-0.15, -0.1) is 0 Å². The van der Waals surface area contributed by atoms with Crippen LogP contribution in [0.25, 0.3) is 0 Å². The maximum atomic E-state index is 9.07. The van der Waals surface area contributed by atoms with Gasteiger partial charge in [-0.2, -0.15) is 5.26 Å². The Kier molecular flexibility index (Phi) is 3.32. The number of ether oxygens (including phenoxy) is 1. The summed E-state index contributed by atoms with van der Waals surface area (Å²) in [6.07, 6.45) is 2.02. The largest absolute Gasteiger partial charge is 0.491 e. The molecule has 0 radical (unpaired) electrons. The number of nitrogens with zero attached hydrogens (tertiary/aromatic N) is 1. The summed E-state index contributed by atoms with van der Waals surface area (Å²) >= 11 is 0. The summed E-state index contributed by atoms with van der Waals surface area (Å²) in [6, 6.07) is 9.27. The molecule has 90 valence electrons. The number of aliphatic hydroxyl groups is 1. The number of hydrogen-bond donors (Lipinski definition) is 2. The van der Waals surface area contributed by atoms with Gasteiger partial charge in [-0.3, -0.25) is 0 Å². The van der Waals surface area contributed by atoms with Crippen molar-refractivity contribution in [3.05, 3.63) is 29.8 Å². The molecule has 4 nitrogen and oxygen atoms in total. The van der Waals surface area contributed by atoms with Crippen LogP contribution in [0.2, 0.25) is 0 Å². The molecule has 2 rings (SSSR count). The molecule has 1 aromatic carbocycles. The molecule has 1 unspecified atom stereocenters. The Morgan fingerprint density at radius 2 is 2.06 bits per heavy atom. The number of nitriles is 1. The first kappa shape index (κ1) is 11.9. The van der Waals surface area contributed by atoms with Gasteiger partial charge in [0, 0.05) is 0 Å². The lowest BCUT2D eigenvalue weighted by Crippen LogP contribution is -2.46. The van der Waals surface area contributed by atoms with Gasteiger partial charge >= 0.3 is 0 Å². The summed E-state index contributed by atoms with van der Waals surface area (Å²) in [7, 11) is 0. The van der Waals surface area contributed by atoms with E-state index >= 15 is 0 Å². The van der Waals surface area contributed by atoms with Crippen molar-refractivity contribution < 1.29 is 9.84 Å². The number of hydrogen-bond acceptors (Lipinski definition) is 4. The third kappa shape index (κ3) is 2.76. The van der Waals surface area contributed by atoms with E-state index in [-0.39, 0.29) is 19.1 Å². The fraction of sp³-hybridized carbons (Fsp3) is 0.462. The molecule has 3 N–H and O–H groups in total. The van der Waals surface area contributed by atoms with E-state index in [1.807, 2.05) is 0 Å². The molecule has 1 aliphatic rings. The number of benzene rings is 1. The summed E-state index contributed by atoms with van der Waals surface area (Å²) < 4.78 is 5.53. The Balaban J connectivity index is 1.94. The van der Waals surface area contributed by atoms with Crippen molar-refractivity contribution in [3.8, 4) is 11.8 Å². The minimum atomic E-state index is -0.865. The van der Waals surface area contributed by atoms with Crippen LogP contribution in [0.4, 0.5) is 0 Å². The Morgan fingerprint density at radius 3 is 2.53 bits per heavy atom. The number of aliphatic hydroxyl groups excluding tert-OH is 1. The lowest BCUT2D eigenvalue weighted by atomic mass is 9.98. The van der Waals surface area contributed by atoms with Crippen LogP contribution in [0.15, 0.2) is 24.3 Å². The second-order valence-corrected chi connectivity index (χ2v) is 4.52. The minimum absolute atomic E-state index is 0.0153. The van der Waals surface area contributed by atoms with Gasteiger partial charge in [0.25, 0.3) is 0 Å². The van der Waals surface area contributed by atoms with Gasteiger partial charge in [0.15, 0.2) is 0 Å². The second kappa shape index (κ2) is 4.74. The van der Waals surface area contributed by atoms with Gasteiger partial charge in [0.05, 0.1) is 12.7 Å². The molecule has 0 aliphatic heterocycles. The van der Waals surface area contributed by atoms with Crippen molar-refractivity contribution in [1.82, 2.24) is 0 Å². The monoisotopic (exact) mass is 232 g/mol. The summed E-state index contributed by atoms with van der Waals surface area (Å²) in [4.78, 5) is 0. The van der Waals surface area contributed by atoms with Crippen LogP contribution in [0.5, 0.6) is 5.75 Å². The first-order chi connectivity index (χ1) is 8.18. The van der Waals surface area contributed by atoms with E-state index < -0.39 is 5.54 Å². The van der Waals surface area contributed by atoms with Crippen LogP contribution in [0, 0.1) is 17.2 Å². The quantitative estimate of drug-likeness (QED) is 0.799. The summed E-state index contributed by atoms with van der Waals surface area (Å²) in [5.74, 6) is 0.942. The van der Waals surface area contributed by atoms with Crippen molar-refractivity contribution in [2.45, 2.75) is 25.0 Å². The van der Waals surface area contributed by atoms with Crippen LogP contribution < -0.4 is 10.5 Å². The molecule has 0 spiro atoms. The zero-order valence-electron chi connectivity index (χ0n) is 9.60. The van der Waals surface area contributed by atoms with Crippen LogP contribution in [-0.4, -0.2) is 17.3 Å². The highest BCUT2D eigenvalue weighted by molar-refractivity contribution is 5.27. The van der Waals surface area contributed by atoms with E-state index in [1.165, 1.54) is 0 Å². The topological polar surface area (TPSA) is 79.3 Å². The highest BCUT2D eigenvalue weighted by atomic mass is 16.5. The lowest BCUT2D eigenvalue weighted by Gasteiger charge is -2.21. The molecule has 1 fully saturated rings. The lowest BCUT2D eigenvalue weighted by molar-refractivity contribution is 0.236. The van der Waals surface area contributed by atoms with Gasteiger partial charge in [-0.1, -0.05) is 12.1 Å². The molecule has 0 amide bonds. The Morgan fingerprint density at radius 1 is 1.41 bits per heavy atom. The van der Waals surface area contributed by atoms with Gasteiger partial charge in [-0.05, 0) is 36.5 Å². The highest BCUT2D eigenvalue weighted by Gasteiger charge is 2.43. The predicted octanol–water partition coefficient (Wildman–Crippen LogP) is 1.19. The molecule has 1 saturated carbocycles. The van der Waals surface area contributed by atoms with E-state index in [0.717, 1.165) is 18.4 Å². The van der Waals surface area contributed by atoms with Gasteiger partial charge in [0.2, 0.25) is 0 Å². The van der Waals surface area contributed by atoms with Crippen molar-refractivity contribution in [3.63, 3.8) is 0 Å². The first-order valence-corrected chi connectivity index (χ1v) is 5.70. The molecule has 17 heavy (non-hydrogen) atoms. The summed E-state index contributed by atoms with van der Waals surface area (Å²) in [5.41, 5.74) is 5.95. The fourth-order valence-electron chi connectivity index (χ4n) is 1.73. The van der Waals surface area contributed by atoms with E-state index in [2.05, 4.69) is 6.07 Å². The van der Waals surface area contributed by atoms with Crippen LogP contribution in [-0.2, 0) is 6.61 Å². The average Bonchev–Trinajstić information content (AvgIpc) is 3.21. The van der Waals surface area contributed by atoms with Crippen molar-refractivity contribution in [1.29, 1.82) is 5.26 Å². The van der Waals surface area contributed by atoms with Crippen LogP contribution in [0.1, 0.15) is 18.4 Å². The van der Waals surface area contributed by atoms with E-state index in [1.54, 1.807) is 24.3 Å². The molecule has 1 atom stereocenters. The zero-order valence-corrected chi connectivity index (χ0v) is 9.60. The van der Waals surface area contributed by atoms with E-state index in [9.17, 15) is 0 Å². The number of nitrogens with two attached hydrogens (primary N) is 1. The van der Waals surface area contributed by atoms with Crippen molar-refractivity contribution in [2.75, 3.05) is 6.61 Å². The average molecular weight is 232 g/mol. The van der Waals surface area contributed by atoms with Gasteiger partial charge in [0.1, 0.15) is 17.9 Å². The van der Waals surface area contributed by atoms with E-state index in [4.69, 9.17) is 20.8 Å². The number of rotatable bonds is 5. The smallest absolute Gasteiger partial charge is 0.141 e. The standard InChI is InChI=1S/C13H16N2O2/c14-8-13(15,11-3-4-11)9-17-12-5-1-10(7-16)2-6-12/h1-2,5-6,11,16H,3-4,7,9,15H2. The maximum Gasteiger partial charge on any atom is 0.141 e. The molecule has 4 heteroatoms. The maximum absolute atomic E-state index is 9.07. The van der Waals surface area contributed by atoms with Gasteiger partial charge < -0.3 is 15.6 Å². The van der Waals surface area contributed by atoms with Gasteiger partial charge in [-0.25, -0.2) is 0 Å². The third-order valence-electron chi connectivity index (χ3n) is 3.10. The summed E-state index contributed by atoms with van der Waals surface area (Å²) in [6.45, 7) is 0.230. The molecule has 0 heterocycles. The molecule has 0 bridgehead atoms. The van der Waals surface area contributed by atoms with Crippen molar-refractivity contribution >= 4 is 0 Å². The Bertz CT molecular complexity index is 420. The minimum Gasteiger partial charge on any atom is -0.491 e. The molecule has 1 aromatic rings. The third-order valence-corrected chi connectivity index (χ3v) is 3.10. The van der Waals surface area contributed by atoms with Crippen LogP contribution in [0.3, 0.4) is 0 Å². The molecule has 1 aliphatic carbocycles. The van der Waals surface area contributed by atoms with Crippen molar-refractivity contribution in [2.24, 2.45) is 11.7 Å². The molecule has 0 saturated heterocycles. The Labute approximate surface area is 101 Å². The zero-order chi connectivity index (χ0) is 12.3. The highest BCUT2D eigenvalue weighted by Crippen LogP contribution is 2.38. The van der Waals surface area contributed by atoms with Crippen LogP contribution >= 0.6 is 0 Å². The molecular weight excluding hydrogens is 216 g/mol. The first-order valence-electron chi connectivity index (χ1n) is 5.70. The second-order valence-electron chi connectivity index (χ2n) is 4.52.